The molecule has 8 fully saturated rings. The molecular weight excluding hydrogens is 773 g/mol. The van der Waals surface area contributed by atoms with E-state index < -0.39 is 22.4 Å². The maximum atomic E-state index is 14.8. The van der Waals surface area contributed by atoms with Crippen LogP contribution in [0.4, 0.5) is 0 Å². The van der Waals surface area contributed by atoms with Gasteiger partial charge < -0.3 is 18.9 Å². The zero-order chi connectivity index (χ0) is 42.7. The van der Waals surface area contributed by atoms with Gasteiger partial charge in [0.1, 0.15) is 11.6 Å². The Hall–Kier alpha value is -2.26. The van der Waals surface area contributed by atoms with E-state index in [1.54, 1.807) is 0 Å². The fraction of sp³-hybridized carbons (Fsp3) is 0.815. The number of aromatic nitrogens is 2. The molecule has 8 aliphatic carbocycles. The minimum atomic E-state index is -0.543. The molecule has 1 aromatic rings. The molecule has 4 saturated carbocycles. The molecule has 8 heteroatoms. The van der Waals surface area contributed by atoms with Crippen molar-refractivity contribution >= 4 is 11.6 Å². The summed E-state index contributed by atoms with van der Waals surface area (Å²) < 4.78 is 26.9. The smallest absolute Gasteiger partial charge is 0.172 e. The van der Waals surface area contributed by atoms with Gasteiger partial charge in [-0.05, 0) is 136 Å². The van der Waals surface area contributed by atoms with Crippen molar-refractivity contribution in [2.75, 3.05) is 13.2 Å². The van der Waals surface area contributed by atoms with Gasteiger partial charge in [0, 0.05) is 49.4 Å². The Morgan fingerprint density at radius 2 is 0.968 bits per heavy atom. The number of hydrogen-bond donors (Lipinski definition) is 0. The van der Waals surface area contributed by atoms with Crippen molar-refractivity contribution in [1.82, 2.24) is 9.97 Å². The molecule has 0 bridgehead atoms. The molecule has 13 rings (SSSR count). The van der Waals surface area contributed by atoms with Gasteiger partial charge in [-0.25, -0.2) is 0 Å². The van der Waals surface area contributed by atoms with Gasteiger partial charge in [-0.15, -0.1) is 0 Å². The van der Waals surface area contributed by atoms with E-state index in [9.17, 15) is 9.59 Å². The number of nitrogens with zero attached hydrogens (tertiary/aromatic N) is 2. The summed E-state index contributed by atoms with van der Waals surface area (Å²) in [5.74, 6) is 4.08. The average Bonchev–Trinajstić information content (AvgIpc) is 3.89. The molecule has 5 heterocycles. The van der Waals surface area contributed by atoms with Crippen molar-refractivity contribution in [2.24, 2.45) is 92.7 Å². The highest BCUT2D eigenvalue weighted by molar-refractivity contribution is 5.91. The second kappa shape index (κ2) is 12.8. The predicted molar refractivity (Wildman–Crippen MR) is 233 cm³/mol. The summed E-state index contributed by atoms with van der Waals surface area (Å²) in [6.07, 6.45) is 18.6. The van der Waals surface area contributed by atoms with Crippen molar-refractivity contribution < 1.29 is 28.5 Å². The Kier molecular flexibility index (Phi) is 8.26. The Balaban J connectivity index is 0.764. The van der Waals surface area contributed by atoms with Crippen molar-refractivity contribution in [3.05, 3.63) is 46.1 Å². The highest BCUT2D eigenvalue weighted by atomic mass is 16.7. The van der Waals surface area contributed by atoms with Gasteiger partial charge in [0.25, 0.3) is 0 Å². The third-order valence-electron chi connectivity index (χ3n) is 22.4. The zero-order valence-corrected chi connectivity index (χ0v) is 38.9. The van der Waals surface area contributed by atoms with Crippen molar-refractivity contribution in [3.8, 4) is 0 Å². The van der Waals surface area contributed by atoms with E-state index in [0.717, 1.165) is 77.4 Å². The second-order valence-corrected chi connectivity index (χ2v) is 25.0. The number of fused-ring (bicyclic) bond motifs is 16. The van der Waals surface area contributed by atoms with Crippen LogP contribution in [0.5, 0.6) is 0 Å². The van der Waals surface area contributed by atoms with Crippen LogP contribution in [0.3, 0.4) is 0 Å². The number of carbonyl (C=O) groups excluding carboxylic acids is 2. The number of hydrogen-bond acceptors (Lipinski definition) is 8. The number of ether oxygens (including phenoxy) is 4. The van der Waals surface area contributed by atoms with Crippen LogP contribution in [0.2, 0.25) is 0 Å². The lowest BCUT2D eigenvalue weighted by atomic mass is 9.45. The number of Topliss-reactive ketones (excluding diaryl/α,β-unsaturated/α-hetero) is 2. The fourth-order valence-corrected chi connectivity index (χ4v) is 18.6. The number of ketones is 2. The highest BCUT2D eigenvalue weighted by Crippen LogP contribution is 2.70. The monoisotopic (exact) mass is 845 g/mol. The molecule has 12 aliphatic rings. The van der Waals surface area contributed by atoms with Crippen LogP contribution < -0.4 is 0 Å². The van der Waals surface area contributed by atoms with Gasteiger partial charge >= 0.3 is 0 Å². The Bertz CT molecular complexity index is 2060. The molecule has 8 nitrogen and oxygen atoms in total. The lowest BCUT2D eigenvalue weighted by Gasteiger charge is -2.59. The number of rotatable bonds is 0. The van der Waals surface area contributed by atoms with Gasteiger partial charge in [0.2, 0.25) is 0 Å². The Labute approximate surface area is 369 Å². The molecule has 20 atom stereocenters. The molecule has 2 spiro atoms. The molecule has 0 N–H and O–H groups in total. The maximum absolute atomic E-state index is 14.8. The van der Waals surface area contributed by atoms with Crippen LogP contribution in [0.25, 0.3) is 0 Å². The molecule has 4 saturated heterocycles. The topological polar surface area (TPSA) is 96.8 Å². The molecular formula is C54H72N2O6. The predicted octanol–water partition coefficient (Wildman–Crippen LogP) is 9.40. The van der Waals surface area contributed by atoms with Gasteiger partial charge in [0.15, 0.2) is 11.6 Å². The van der Waals surface area contributed by atoms with E-state index in [2.05, 4.69) is 67.5 Å². The van der Waals surface area contributed by atoms with Gasteiger partial charge in [-0.2, -0.15) is 0 Å². The molecule has 0 radical (unpaired) electrons. The van der Waals surface area contributed by atoms with Crippen LogP contribution in [0.1, 0.15) is 142 Å². The second-order valence-electron chi connectivity index (χ2n) is 25.0. The molecule has 62 heavy (non-hydrogen) atoms. The third-order valence-corrected chi connectivity index (χ3v) is 22.4. The lowest BCUT2D eigenvalue weighted by molar-refractivity contribution is -0.265. The molecule has 4 aliphatic heterocycles. The Morgan fingerprint density at radius 1 is 0.548 bits per heavy atom. The van der Waals surface area contributed by atoms with Gasteiger partial charge in [0.05, 0.1) is 59.0 Å². The lowest BCUT2D eigenvalue weighted by Crippen LogP contribution is -2.57. The number of carbonyl (C=O) groups is 2. The quantitative estimate of drug-likeness (QED) is 0.239. The van der Waals surface area contributed by atoms with Crippen molar-refractivity contribution in [1.29, 1.82) is 0 Å². The van der Waals surface area contributed by atoms with E-state index in [1.807, 2.05) is 0 Å². The van der Waals surface area contributed by atoms with E-state index in [0.29, 0.717) is 71.8 Å². The largest absolute Gasteiger partial charge is 0.349 e. The standard InChI is InChI=1S/C54H72N2O6/c1-27-13-15-53(59-25-27)29(3)47-43(61-53)19-37-33-11-9-31-17-39-41(23-49(31,5)35(33)21-45(57)51(37,47)7)55-40-18-32-10-12-34-36(50(32,6)24-42(40)56-39)22-46(58)52(8)38(34)20-44-48(52)30(4)54(62-44)16-14-28(2)26-60-54/h19-20,27-36,43-44,47-48H,9-18,21-26H2,1-8H3/t27-,28-,29-,30-,31-,32-,33+,34+,35-,36-,43-,44-,47-,48-,49-,50-,51+,52+,53-,54-/m0/s1. The molecule has 0 amide bonds. The Morgan fingerprint density at radius 3 is 1.35 bits per heavy atom. The molecule has 0 unspecified atom stereocenters. The van der Waals surface area contributed by atoms with Gasteiger partial charge in [-0.1, -0.05) is 64.8 Å². The summed E-state index contributed by atoms with van der Waals surface area (Å²) >= 11 is 0. The van der Waals surface area contributed by atoms with Crippen molar-refractivity contribution in [2.45, 2.75) is 169 Å². The summed E-state index contributed by atoms with van der Waals surface area (Å²) in [5.41, 5.74) is 6.73. The van der Waals surface area contributed by atoms with Crippen LogP contribution in [-0.2, 0) is 54.2 Å². The summed E-state index contributed by atoms with van der Waals surface area (Å²) in [6.45, 7) is 20.2. The minimum Gasteiger partial charge on any atom is -0.349 e. The zero-order valence-electron chi connectivity index (χ0n) is 38.9. The third kappa shape index (κ3) is 4.85. The first-order valence-electron chi connectivity index (χ1n) is 25.5. The molecule has 0 aromatic carbocycles. The minimum absolute atomic E-state index is 0.0106. The summed E-state index contributed by atoms with van der Waals surface area (Å²) in [7, 11) is 0. The molecule has 1 aromatic heterocycles. The van der Waals surface area contributed by atoms with Gasteiger partial charge in [-0.3, -0.25) is 19.6 Å². The molecule has 334 valence electrons. The first-order chi connectivity index (χ1) is 29.5. The fourth-order valence-electron chi connectivity index (χ4n) is 18.6. The normalized spacial score (nSPS) is 55.4. The summed E-state index contributed by atoms with van der Waals surface area (Å²) in [4.78, 5) is 40.9. The SMILES string of the molecule is C[C@H]1CC[C@]2(OC1)O[C@H]1C=C3[C@@H]4CC[C@H]5Cc6nc7c(nc6C[C@]5(C)[C@H]4CC(=O)[C@]3(C)[C@H]1[C@@H]2C)C[C@@H]1CC[C@H]2C3=C[C@@H]4O[C@@]5(CC[C@H](C)CO5)[C@@H](C)[C@@H]4[C@@]3(C)C(=O)C[C@@H]2[C@@]1(C)C7. The highest BCUT2D eigenvalue weighted by Gasteiger charge is 2.71. The first kappa shape index (κ1) is 40.1. The maximum Gasteiger partial charge on any atom is 0.172 e. The van der Waals surface area contributed by atoms with E-state index in [1.165, 1.54) is 46.8 Å². The van der Waals surface area contributed by atoms with Crippen LogP contribution in [0, 0.1) is 92.7 Å². The van der Waals surface area contributed by atoms with Crippen LogP contribution >= 0.6 is 0 Å². The van der Waals surface area contributed by atoms with Crippen molar-refractivity contribution in [3.63, 3.8) is 0 Å². The van der Waals surface area contributed by atoms with E-state index in [4.69, 9.17) is 28.9 Å². The van der Waals surface area contributed by atoms with Crippen LogP contribution in [0.15, 0.2) is 23.3 Å². The van der Waals surface area contributed by atoms with E-state index in [-0.39, 0.29) is 46.7 Å². The summed E-state index contributed by atoms with van der Waals surface area (Å²) in [6, 6.07) is 0. The number of allylic oxidation sites excluding steroid dienone is 2. The first-order valence-corrected chi connectivity index (χ1v) is 25.5. The average molecular weight is 845 g/mol. The summed E-state index contributed by atoms with van der Waals surface area (Å²) in [5, 5.41) is 0. The van der Waals surface area contributed by atoms with E-state index >= 15 is 0 Å². The van der Waals surface area contributed by atoms with Crippen LogP contribution in [-0.4, -0.2) is 58.5 Å².